The van der Waals surface area contributed by atoms with Crippen molar-refractivity contribution in [1.29, 1.82) is 0 Å². The number of nitrogens with zero attached hydrogens (tertiary/aromatic N) is 1. The molecule has 2 aromatic carbocycles. The van der Waals surface area contributed by atoms with Crippen molar-refractivity contribution in [2.24, 2.45) is 0 Å². The zero-order valence-electron chi connectivity index (χ0n) is 15.7. The fourth-order valence-electron chi connectivity index (χ4n) is 3.03. The first-order valence-corrected chi connectivity index (χ1v) is 9.75. The number of amides is 1. The molecule has 0 aromatic heterocycles. The highest BCUT2D eigenvalue weighted by molar-refractivity contribution is 6.42. The summed E-state index contributed by atoms with van der Waals surface area (Å²) >= 11 is 11.9. The smallest absolute Gasteiger partial charge is 0.337 e. The highest BCUT2D eigenvalue weighted by Crippen LogP contribution is 2.27. The normalized spacial score (nSPS) is 14.6. The third-order valence-electron chi connectivity index (χ3n) is 4.59. The highest BCUT2D eigenvalue weighted by Gasteiger charge is 2.17. The first-order valence-electron chi connectivity index (χ1n) is 9.00. The Morgan fingerprint density at radius 3 is 2.48 bits per heavy atom. The van der Waals surface area contributed by atoms with Crippen LogP contribution in [0.4, 0.5) is 11.4 Å². The molecule has 152 valence electrons. The number of carboxylic acid groups (broad SMARTS) is 1. The van der Waals surface area contributed by atoms with E-state index in [1.807, 2.05) is 0 Å². The summed E-state index contributed by atoms with van der Waals surface area (Å²) in [6.45, 7) is 4.34. The molecule has 0 radical (unpaired) electrons. The first-order chi connectivity index (χ1) is 13.8. The Morgan fingerprint density at radius 1 is 1.10 bits per heavy atom. The summed E-state index contributed by atoms with van der Waals surface area (Å²) in [6, 6.07) is 10.0. The van der Waals surface area contributed by atoms with Gasteiger partial charge in [0.1, 0.15) is 0 Å². The number of nitrogens with one attached hydrogen (secondary N) is 1. The quantitative estimate of drug-likeness (QED) is 0.673. The minimum absolute atomic E-state index is 0.0305. The molecule has 6 nitrogen and oxygen atoms in total. The number of carbonyl (C=O) groups excluding carboxylic acids is 1. The number of benzene rings is 2. The third-order valence-corrected chi connectivity index (χ3v) is 5.33. The van der Waals surface area contributed by atoms with Gasteiger partial charge in [-0.3, -0.25) is 4.79 Å². The summed E-state index contributed by atoms with van der Waals surface area (Å²) < 4.78 is 5.33. The maximum atomic E-state index is 12.4. The Morgan fingerprint density at radius 2 is 1.83 bits per heavy atom. The van der Waals surface area contributed by atoms with E-state index in [2.05, 4.69) is 10.2 Å². The SMILES string of the molecule is CC(=CC(=O)Nc1ccc(N2CCOCC2)cc1C(=O)O)c1ccc(Cl)c(Cl)c1. The van der Waals surface area contributed by atoms with Crippen LogP contribution in [0.3, 0.4) is 0 Å². The van der Waals surface area contributed by atoms with Gasteiger partial charge in [-0.15, -0.1) is 0 Å². The molecule has 1 fully saturated rings. The van der Waals surface area contributed by atoms with E-state index >= 15 is 0 Å². The van der Waals surface area contributed by atoms with Gasteiger partial charge in [0.05, 0.1) is 34.5 Å². The van der Waals surface area contributed by atoms with Crippen molar-refractivity contribution in [2.45, 2.75) is 6.92 Å². The van der Waals surface area contributed by atoms with Gasteiger partial charge in [-0.2, -0.15) is 0 Å². The molecular weight excluding hydrogens is 415 g/mol. The molecule has 2 aromatic rings. The zero-order valence-corrected chi connectivity index (χ0v) is 17.3. The van der Waals surface area contributed by atoms with Crippen LogP contribution >= 0.6 is 23.2 Å². The lowest BCUT2D eigenvalue weighted by molar-refractivity contribution is -0.111. The lowest BCUT2D eigenvalue weighted by Gasteiger charge is -2.29. The van der Waals surface area contributed by atoms with Crippen molar-refractivity contribution in [3.05, 3.63) is 63.6 Å². The van der Waals surface area contributed by atoms with E-state index in [1.165, 1.54) is 6.08 Å². The predicted molar refractivity (Wildman–Crippen MR) is 115 cm³/mol. The van der Waals surface area contributed by atoms with Gasteiger partial charge in [0.15, 0.2) is 0 Å². The summed E-state index contributed by atoms with van der Waals surface area (Å²) in [4.78, 5) is 26.2. The fraction of sp³-hybridized carbons (Fsp3) is 0.238. The van der Waals surface area contributed by atoms with E-state index in [-0.39, 0.29) is 11.3 Å². The minimum atomic E-state index is -1.11. The summed E-state index contributed by atoms with van der Waals surface area (Å²) in [5, 5.41) is 13.1. The Bertz CT molecular complexity index is 969. The average Bonchev–Trinajstić information content (AvgIpc) is 2.70. The second-order valence-corrected chi connectivity index (χ2v) is 7.39. The van der Waals surface area contributed by atoms with Gasteiger partial charge < -0.3 is 20.1 Å². The number of morpholine rings is 1. The number of hydrogen-bond acceptors (Lipinski definition) is 4. The van der Waals surface area contributed by atoms with Gasteiger partial charge in [-0.05, 0) is 48.4 Å². The molecule has 8 heteroatoms. The van der Waals surface area contributed by atoms with E-state index < -0.39 is 11.9 Å². The predicted octanol–water partition coefficient (Wildman–Crippen LogP) is 4.57. The van der Waals surface area contributed by atoms with Crippen molar-refractivity contribution in [2.75, 3.05) is 36.5 Å². The molecule has 1 amide bonds. The van der Waals surface area contributed by atoms with Crippen LogP contribution in [0.5, 0.6) is 0 Å². The molecule has 0 atom stereocenters. The van der Waals surface area contributed by atoms with Gasteiger partial charge >= 0.3 is 5.97 Å². The number of carboxylic acids is 1. The number of aromatic carboxylic acids is 1. The van der Waals surface area contributed by atoms with Gasteiger partial charge in [0, 0.05) is 24.9 Å². The van der Waals surface area contributed by atoms with E-state index in [0.717, 1.165) is 11.3 Å². The Kier molecular flexibility index (Phi) is 6.79. The van der Waals surface area contributed by atoms with Crippen molar-refractivity contribution in [1.82, 2.24) is 0 Å². The first kappa shape index (κ1) is 21.2. The number of ether oxygens (including phenoxy) is 1. The molecule has 1 aliphatic rings. The molecule has 3 rings (SSSR count). The van der Waals surface area contributed by atoms with Gasteiger partial charge in [-0.25, -0.2) is 4.79 Å². The van der Waals surface area contributed by atoms with Crippen LogP contribution in [0, 0.1) is 0 Å². The molecule has 1 heterocycles. The van der Waals surface area contributed by atoms with Crippen LogP contribution < -0.4 is 10.2 Å². The molecule has 1 saturated heterocycles. The second kappa shape index (κ2) is 9.31. The van der Waals surface area contributed by atoms with Crippen molar-refractivity contribution in [3.8, 4) is 0 Å². The molecule has 0 spiro atoms. The van der Waals surface area contributed by atoms with Crippen LogP contribution in [-0.4, -0.2) is 43.3 Å². The van der Waals surface area contributed by atoms with Crippen LogP contribution in [0.25, 0.3) is 5.57 Å². The Balaban J connectivity index is 1.79. The third kappa shape index (κ3) is 5.29. The maximum Gasteiger partial charge on any atom is 0.337 e. The number of carbonyl (C=O) groups is 2. The second-order valence-electron chi connectivity index (χ2n) is 6.58. The Labute approximate surface area is 178 Å². The number of rotatable bonds is 5. The van der Waals surface area contributed by atoms with Crippen LogP contribution in [0.15, 0.2) is 42.5 Å². The maximum absolute atomic E-state index is 12.4. The topological polar surface area (TPSA) is 78.9 Å². The molecule has 29 heavy (non-hydrogen) atoms. The molecule has 0 bridgehead atoms. The number of anilines is 2. The largest absolute Gasteiger partial charge is 0.478 e. The monoisotopic (exact) mass is 434 g/mol. The summed E-state index contributed by atoms with van der Waals surface area (Å²) in [7, 11) is 0. The highest BCUT2D eigenvalue weighted by atomic mass is 35.5. The summed E-state index contributed by atoms with van der Waals surface area (Å²) in [5.74, 6) is -1.55. The zero-order chi connectivity index (χ0) is 21.0. The van der Waals surface area contributed by atoms with Crippen molar-refractivity contribution < 1.29 is 19.4 Å². The standard InChI is InChI=1S/C21H20Cl2N2O4/c1-13(14-2-4-17(22)18(23)11-14)10-20(26)24-19-5-3-15(12-16(19)21(27)28)25-6-8-29-9-7-25/h2-5,10-12H,6-9H2,1H3,(H,24,26)(H,27,28). The van der Waals surface area contributed by atoms with Gasteiger partial charge in [-0.1, -0.05) is 29.3 Å². The lowest BCUT2D eigenvalue weighted by atomic mass is 10.1. The molecule has 0 unspecified atom stereocenters. The summed E-state index contributed by atoms with van der Waals surface area (Å²) in [6.07, 6.45) is 1.39. The van der Waals surface area contributed by atoms with E-state index in [4.69, 9.17) is 27.9 Å². The lowest BCUT2D eigenvalue weighted by Crippen LogP contribution is -2.36. The van der Waals surface area contributed by atoms with Gasteiger partial charge in [0.2, 0.25) is 5.91 Å². The number of hydrogen-bond donors (Lipinski definition) is 2. The van der Waals surface area contributed by atoms with Crippen molar-refractivity contribution in [3.63, 3.8) is 0 Å². The molecule has 1 aliphatic heterocycles. The molecular formula is C21H20Cl2N2O4. The Hall–Kier alpha value is -2.54. The minimum Gasteiger partial charge on any atom is -0.478 e. The van der Waals surface area contributed by atoms with Crippen LogP contribution in [0.2, 0.25) is 10.0 Å². The number of allylic oxidation sites excluding steroid dienone is 1. The van der Waals surface area contributed by atoms with Gasteiger partial charge in [0.25, 0.3) is 0 Å². The molecule has 0 aliphatic carbocycles. The van der Waals surface area contributed by atoms with Crippen molar-refractivity contribution >= 4 is 52.0 Å². The van der Waals surface area contributed by atoms with E-state index in [1.54, 1.807) is 43.3 Å². The molecule has 0 saturated carbocycles. The summed E-state index contributed by atoms with van der Waals surface area (Å²) in [5.41, 5.74) is 2.46. The van der Waals surface area contributed by atoms with Crippen LogP contribution in [-0.2, 0) is 9.53 Å². The fourth-order valence-corrected chi connectivity index (χ4v) is 3.32. The number of halogens is 2. The molecule has 2 N–H and O–H groups in total. The van der Waals surface area contributed by atoms with E-state index in [9.17, 15) is 14.7 Å². The van der Waals surface area contributed by atoms with E-state index in [0.29, 0.717) is 41.9 Å². The van der Waals surface area contributed by atoms with Crippen LogP contribution in [0.1, 0.15) is 22.8 Å². The average molecular weight is 435 g/mol.